The molecule has 0 saturated heterocycles. The Morgan fingerprint density at radius 2 is 1.88 bits per heavy atom. The molecule has 0 atom stereocenters. The Bertz CT molecular complexity index is 552. The van der Waals surface area contributed by atoms with Gasteiger partial charge < -0.3 is 19.7 Å². The lowest BCUT2D eigenvalue weighted by Gasteiger charge is -1.88. The van der Waals surface area contributed by atoms with Crippen molar-refractivity contribution in [3.63, 3.8) is 0 Å². The maximum Gasteiger partial charge on any atom is 0.325 e. The molecule has 0 aliphatic rings. The molecular weight excluding hydrogens is 255 g/mol. The molecule has 5 N–H and O–H groups in total. The highest BCUT2D eigenvalue weighted by Gasteiger charge is 1.93. The minimum atomic E-state index is -3.81. The van der Waals surface area contributed by atoms with Gasteiger partial charge >= 0.3 is 12.4 Å². The maximum absolute atomic E-state index is 10.9. The molecule has 0 aliphatic carbocycles. The standard InChI is InChI=1S/C7H6N2O2.H3O3PS/c1-2-3-5-4-8-7(11)9-6(5)10;1-4(2,3)5/h4H,1H3,(H2,8,9,10,11);(H3,1,2,3,5). The first-order valence-electron chi connectivity index (χ1n) is 3.77. The predicted molar refractivity (Wildman–Crippen MR) is 61.2 cm³/mol. The van der Waals surface area contributed by atoms with Crippen molar-refractivity contribution >= 4 is 18.5 Å². The van der Waals surface area contributed by atoms with Crippen molar-refractivity contribution in [2.75, 3.05) is 0 Å². The second kappa shape index (κ2) is 6.37. The number of aromatic nitrogens is 2. The molecule has 0 fully saturated rings. The fraction of sp³-hybridized carbons (Fsp3) is 0.143. The molecule has 0 radical (unpaired) electrons. The molecule has 0 spiro atoms. The van der Waals surface area contributed by atoms with E-state index in [1.807, 2.05) is 0 Å². The molecule has 0 amide bonds. The SMILES string of the molecule is CC#Cc1c[nH]c(=O)[nH]c1=O.OP(O)(O)=S. The van der Waals surface area contributed by atoms with Gasteiger partial charge in [-0.05, 0) is 18.7 Å². The van der Waals surface area contributed by atoms with Gasteiger partial charge in [0.1, 0.15) is 5.56 Å². The summed E-state index contributed by atoms with van der Waals surface area (Å²) in [4.78, 5) is 48.4. The monoisotopic (exact) mass is 264 g/mol. The van der Waals surface area contributed by atoms with Crippen molar-refractivity contribution in [1.82, 2.24) is 9.97 Å². The Balaban J connectivity index is 0.000000385. The highest BCUT2D eigenvalue weighted by molar-refractivity contribution is 8.06. The van der Waals surface area contributed by atoms with E-state index < -0.39 is 18.0 Å². The van der Waals surface area contributed by atoms with E-state index in [9.17, 15) is 9.59 Å². The molecule has 1 rings (SSSR count). The van der Waals surface area contributed by atoms with Crippen LogP contribution in [0.1, 0.15) is 12.5 Å². The topological polar surface area (TPSA) is 126 Å². The average Bonchev–Trinajstić information content (AvgIpc) is 2.07. The van der Waals surface area contributed by atoms with Crippen LogP contribution in [0.25, 0.3) is 0 Å². The Morgan fingerprint density at radius 3 is 2.25 bits per heavy atom. The van der Waals surface area contributed by atoms with E-state index in [0.29, 0.717) is 0 Å². The van der Waals surface area contributed by atoms with Crippen LogP contribution >= 0.6 is 6.72 Å². The molecule has 0 bridgehead atoms. The van der Waals surface area contributed by atoms with Crippen LogP contribution < -0.4 is 11.2 Å². The zero-order valence-corrected chi connectivity index (χ0v) is 9.80. The summed E-state index contributed by atoms with van der Waals surface area (Å²) in [5.74, 6) is 5.09. The van der Waals surface area contributed by atoms with E-state index >= 15 is 0 Å². The third-order valence-electron chi connectivity index (χ3n) is 1.08. The number of hydrogen-bond donors (Lipinski definition) is 5. The molecule has 1 aromatic rings. The van der Waals surface area contributed by atoms with Crippen LogP contribution in [0.4, 0.5) is 0 Å². The van der Waals surface area contributed by atoms with Crippen LogP contribution in [0.3, 0.4) is 0 Å². The van der Waals surface area contributed by atoms with Gasteiger partial charge in [-0.15, -0.1) is 5.92 Å². The fourth-order valence-corrected chi connectivity index (χ4v) is 0.637. The maximum atomic E-state index is 10.9. The van der Waals surface area contributed by atoms with Gasteiger partial charge in [0.25, 0.3) is 5.56 Å². The lowest BCUT2D eigenvalue weighted by molar-refractivity contribution is 0.363. The Morgan fingerprint density at radius 1 is 1.38 bits per heavy atom. The van der Waals surface area contributed by atoms with E-state index in [2.05, 4.69) is 33.6 Å². The summed E-state index contributed by atoms with van der Waals surface area (Å²) in [6.45, 7) is -2.19. The lowest BCUT2D eigenvalue weighted by Crippen LogP contribution is -2.23. The molecule has 7 nitrogen and oxygen atoms in total. The normalized spacial score (nSPS) is 9.50. The highest BCUT2D eigenvalue weighted by Crippen LogP contribution is 2.26. The van der Waals surface area contributed by atoms with Crippen molar-refractivity contribution in [2.24, 2.45) is 0 Å². The minimum Gasteiger partial charge on any atom is -0.325 e. The summed E-state index contributed by atoms with van der Waals surface area (Å²) in [6.07, 6.45) is 1.29. The molecule has 0 saturated carbocycles. The lowest BCUT2D eigenvalue weighted by atomic mass is 10.3. The van der Waals surface area contributed by atoms with Crippen LogP contribution in [0.5, 0.6) is 0 Å². The van der Waals surface area contributed by atoms with Crippen molar-refractivity contribution < 1.29 is 14.7 Å². The van der Waals surface area contributed by atoms with Crippen molar-refractivity contribution in [3.05, 3.63) is 32.6 Å². The summed E-state index contributed by atoms with van der Waals surface area (Å²) >= 11 is 3.60. The first-order valence-corrected chi connectivity index (χ1v) is 6.43. The number of rotatable bonds is 0. The zero-order valence-electron chi connectivity index (χ0n) is 8.09. The molecule has 1 aromatic heterocycles. The Labute approximate surface area is 95.1 Å². The van der Waals surface area contributed by atoms with Gasteiger partial charge in [0, 0.05) is 6.20 Å². The van der Waals surface area contributed by atoms with Gasteiger partial charge in [0.05, 0.1) is 0 Å². The first kappa shape index (κ1) is 14.8. The molecule has 1 heterocycles. The molecule has 0 unspecified atom stereocenters. The largest absolute Gasteiger partial charge is 0.325 e. The number of aromatic amines is 2. The Hall–Kier alpha value is -1.23. The summed E-state index contributed by atoms with van der Waals surface area (Å²) in [5.41, 5.74) is -0.702. The summed E-state index contributed by atoms with van der Waals surface area (Å²) in [5, 5.41) is 0. The van der Waals surface area contributed by atoms with Gasteiger partial charge in [0.15, 0.2) is 0 Å². The summed E-state index contributed by atoms with van der Waals surface area (Å²) in [6, 6.07) is 0. The van der Waals surface area contributed by atoms with E-state index in [1.165, 1.54) is 6.20 Å². The van der Waals surface area contributed by atoms with Crippen LogP contribution in [-0.4, -0.2) is 24.6 Å². The predicted octanol–water partition coefficient (Wildman–Crippen LogP) is -1.38. The number of H-pyrrole nitrogens is 2. The molecule has 16 heavy (non-hydrogen) atoms. The molecule has 0 aliphatic heterocycles. The van der Waals surface area contributed by atoms with Crippen molar-refractivity contribution in [3.8, 4) is 11.8 Å². The third kappa shape index (κ3) is 8.11. The van der Waals surface area contributed by atoms with Crippen molar-refractivity contribution in [2.45, 2.75) is 6.92 Å². The molecule has 88 valence electrons. The van der Waals surface area contributed by atoms with Gasteiger partial charge in [-0.2, -0.15) is 0 Å². The second-order valence-electron chi connectivity index (χ2n) is 2.37. The number of hydrogen-bond acceptors (Lipinski definition) is 3. The van der Waals surface area contributed by atoms with E-state index in [4.69, 9.17) is 14.7 Å². The fourth-order valence-electron chi connectivity index (χ4n) is 0.637. The third-order valence-corrected chi connectivity index (χ3v) is 1.08. The van der Waals surface area contributed by atoms with Gasteiger partial charge in [-0.3, -0.25) is 9.78 Å². The molecular formula is C7H9N2O5PS. The van der Waals surface area contributed by atoms with Crippen LogP contribution in [0, 0.1) is 11.8 Å². The van der Waals surface area contributed by atoms with E-state index in [0.717, 1.165) is 0 Å². The minimum absolute atomic E-state index is 0.270. The average molecular weight is 264 g/mol. The van der Waals surface area contributed by atoms with Crippen molar-refractivity contribution in [1.29, 1.82) is 0 Å². The van der Waals surface area contributed by atoms with Gasteiger partial charge in [0.2, 0.25) is 0 Å². The quantitative estimate of drug-likeness (QED) is 0.290. The smallest absolute Gasteiger partial charge is 0.325 e. The summed E-state index contributed by atoms with van der Waals surface area (Å²) in [7, 11) is 0. The molecule has 0 aromatic carbocycles. The van der Waals surface area contributed by atoms with Crippen LogP contribution in [0.2, 0.25) is 0 Å². The van der Waals surface area contributed by atoms with Gasteiger partial charge in [-0.25, -0.2) is 4.79 Å². The second-order valence-corrected chi connectivity index (χ2v) is 4.87. The Kier molecular flexibility index (Phi) is 5.88. The van der Waals surface area contributed by atoms with E-state index in [1.54, 1.807) is 6.92 Å². The first-order chi connectivity index (χ1) is 7.24. The number of nitrogens with one attached hydrogen (secondary N) is 2. The van der Waals surface area contributed by atoms with Crippen LogP contribution in [-0.2, 0) is 11.8 Å². The van der Waals surface area contributed by atoms with Crippen LogP contribution in [0.15, 0.2) is 15.8 Å². The van der Waals surface area contributed by atoms with Gasteiger partial charge in [-0.1, -0.05) is 5.92 Å². The molecule has 9 heteroatoms. The summed E-state index contributed by atoms with van der Waals surface area (Å²) < 4.78 is 0. The zero-order chi connectivity index (χ0) is 12.8. The van der Waals surface area contributed by atoms with E-state index in [-0.39, 0.29) is 5.56 Å². The highest BCUT2D eigenvalue weighted by atomic mass is 32.5.